The fourth-order valence-corrected chi connectivity index (χ4v) is 2.68. The van der Waals surface area contributed by atoms with Crippen molar-refractivity contribution < 1.29 is 0 Å². The summed E-state index contributed by atoms with van der Waals surface area (Å²) in [4.78, 5) is 2.24. The van der Waals surface area contributed by atoms with Crippen LogP contribution in [0.2, 0.25) is 5.02 Å². The predicted molar refractivity (Wildman–Crippen MR) is 76.8 cm³/mol. The van der Waals surface area contributed by atoms with Crippen LogP contribution in [-0.4, -0.2) is 13.6 Å². The van der Waals surface area contributed by atoms with E-state index in [1.807, 2.05) is 12.1 Å². The Morgan fingerprint density at radius 3 is 2.44 bits per heavy atom. The molecule has 3 heteroatoms. The number of nitrogens with zero attached hydrogens (tertiary/aromatic N) is 1. The Hall–Kier alpha value is -0.210. The molecule has 0 unspecified atom stereocenters. The van der Waals surface area contributed by atoms with Crippen LogP contribution in [0.1, 0.15) is 26.3 Å². The molecule has 16 heavy (non-hydrogen) atoms. The molecule has 0 radical (unpaired) electrons. The Kier molecular flexibility index (Phi) is 4.69. The van der Waals surface area contributed by atoms with Crippen molar-refractivity contribution in [1.29, 1.82) is 0 Å². The van der Waals surface area contributed by atoms with Gasteiger partial charge in [-0.15, -0.1) is 0 Å². The number of anilines is 1. The van der Waals surface area contributed by atoms with Gasteiger partial charge in [-0.25, -0.2) is 0 Å². The number of alkyl halides is 1. The molecule has 0 N–H and O–H groups in total. The average molecular weight is 305 g/mol. The van der Waals surface area contributed by atoms with E-state index in [1.165, 1.54) is 5.56 Å². The monoisotopic (exact) mass is 303 g/mol. The lowest BCUT2D eigenvalue weighted by molar-refractivity contribution is 0.419. The molecule has 1 aromatic rings. The lowest BCUT2D eigenvalue weighted by atomic mass is 9.96. The van der Waals surface area contributed by atoms with Crippen molar-refractivity contribution >= 4 is 33.2 Å². The molecule has 0 heterocycles. The highest BCUT2D eigenvalue weighted by molar-refractivity contribution is 9.08. The quantitative estimate of drug-likeness (QED) is 0.731. The van der Waals surface area contributed by atoms with E-state index in [1.54, 1.807) is 0 Å². The minimum Gasteiger partial charge on any atom is -0.373 e. The molecule has 0 aromatic heterocycles. The van der Waals surface area contributed by atoms with Crippen molar-refractivity contribution in [2.75, 3.05) is 18.5 Å². The molecular weight excluding hydrogens is 286 g/mol. The standard InChI is InChI=1S/C13H19BrClN/c1-13(2,3)9-16(4)12-10(8-14)6-5-7-11(12)15/h5-7H,8-9H2,1-4H3. The first-order chi connectivity index (χ1) is 7.35. The summed E-state index contributed by atoms with van der Waals surface area (Å²) in [5, 5.41) is 1.65. The molecule has 1 nitrogen and oxygen atoms in total. The molecule has 0 saturated carbocycles. The van der Waals surface area contributed by atoms with Gasteiger partial charge in [-0.1, -0.05) is 60.4 Å². The molecular formula is C13H19BrClN. The minimum atomic E-state index is 0.261. The summed E-state index contributed by atoms with van der Waals surface area (Å²) in [6.07, 6.45) is 0. The first-order valence-electron chi connectivity index (χ1n) is 5.39. The fraction of sp³-hybridized carbons (Fsp3) is 0.538. The zero-order valence-corrected chi connectivity index (χ0v) is 12.7. The van der Waals surface area contributed by atoms with Gasteiger partial charge in [-0.3, -0.25) is 0 Å². The Labute approximate surface area is 112 Å². The van der Waals surface area contributed by atoms with Gasteiger partial charge in [0, 0.05) is 18.9 Å². The lowest BCUT2D eigenvalue weighted by Crippen LogP contribution is -2.29. The molecule has 0 aliphatic heterocycles. The first kappa shape index (κ1) is 13.9. The zero-order chi connectivity index (χ0) is 12.3. The summed E-state index contributed by atoms with van der Waals surface area (Å²) >= 11 is 9.77. The van der Waals surface area contributed by atoms with Crippen molar-refractivity contribution in [2.24, 2.45) is 5.41 Å². The van der Waals surface area contributed by atoms with Crippen LogP contribution in [0.4, 0.5) is 5.69 Å². The normalized spacial score (nSPS) is 11.6. The molecule has 0 saturated heterocycles. The number of halogens is 2. The predicted octanol–water partition coefficient (Wildman–Crippen LogP) is 4.72. The second kappa shape index (κ2) is 5.42. The maximum Gasteiger partial charge on any atom is 0.0642 e. The molecule has 0 fully saturated rings. The van der Waals surface area contributed by atoms with Crippen LogP contribution < -0.4 is 4.90 Å². The second-order valence-corrected chi connectivity index (χ2v) is 6.27. The Bertz CT molecular complexity index is 357. The lowest BCUT2D eigenvalue weighted by Gasteiger charge is -2.30. The maximum atomic E-state index is 6.27. The third-order valence-corrected chi connectivity index (χ3v) is 3.22. The molecule has 0 atom stereocenters. The van der Waals surface area contributed by atoms with Crippen molar-refractivity contribution in [3.63, 3.8) is 0 Å². The highest BCUT2D eigenvalue weighted by Crippen LogP contribution is 2.32. The largest absolute Gasteiger partial charge is 0.373 e. The van der Waals surface area contributed by atoms with Gasteiger partial charge in [-0.2, -0.15) is 0 Å². The number of hydrogen-bond donors (Lipinski definition) is 0. The van der Waals surface area contributed by atoms with Gasteiger partial charge in [0.05, 0.1) is 10.7 Å². The molecule has 0 spiro atoms. The average Bonchev–Trinajstić information content (AvgIpc) is 2.14. The topological polar surface area (TPSA) is 3.24 Å². The van der Waals surface area contributed by atoms with E-state index in [4.69, 9.17) is 11.6 Å². The number of hydrogen-bond acceptors (Lipinski definition) is 1. The van der Waals surface area contributed by atoms with Crippen LogP contribution in [0.15, 0.2) is 18.2 Å². The highest BCUT2D eigenvalue weighted by Gasteiger charge is 2.17. The van der Waals surface area contributed by atoms with Crippen molar-refractivity contribution in [3.05, 3.63) is 28.8 Å². The van der Waals surface area contributed by atoms with Crippen LogP contribution in [-0.2, 0) is 5.33 Å². The fourth-order valence-electron chi connectivity index (χ4n) is 1.89. The van der Waals surface area contributed by atoms with Gasteiger partial charge in [0.25, 0.3) is 0 Å². The molecule has 90 valence electrons. The molecule has 0 aliphatic carbocycles. The van der Waals surface area contributed by atoms with E-state index in [0.717, 1.165) is 22.6 Å². The Balaban J connectivity index is 3.02. The van der Waals surface area contributed by atoms with Crippen LogP contribution in [0.3, 0.4) is 0 Å². The third kappa shape index (κ3) is 3.67. The van der Waals surface area contributed by atoms with Crippen LogP contribution in [0.25, 0.3) is 0 Å². The molecule has 0 amide bonds. The van der Waals surface area contributed by atoms with Crippen LogP contribution in [0.5, 0.6) is 0 Å². The number of benzene rings is 1. The Morgan fingerprint density at radius 1 is 1.31 bits per heavy atom. The molecule has 0 bridgehead atoms. The number of rotatable bonds is 3. The van der Waals surface area contributed by atoms with Gasteiger partial charge in [0.2, 0.25) is 0 Å². The highest BCUT2D eigenvalue weighted by atomic mass is 79.9. The van der Waals surface area contributed by atoms with E-state index in [-0.39, 0.29) is 5.41 Å². The summed E-state index contributed by atoms with van der Waals surface area (Å²) in [5.74, 6) is 0. The van der Waals surface area contributed by atoms with Crippen molar-refractivity contribution in [1.82, 2.24) is 0 Å². The van der Waals surface area contributed by atoms with Gasteiger partial charge in [-0.05, 0) is 17.0 Å². The van der Waals surface area contributed by atoms with E-state index in [0.29, 0.717) is 0 Å². The summed E-state index contributed by atoms with van der Waals surface area (Å²) in [6.45, 7) is 7.67. The maximum absolute atomic E-state index is 6.27. The third-order valence-electron chi connectivity index (χ3n) is 2.31. The van der Waals surface area contributed by atoms with Crippen molar-refractivity contribution in [3.8, 4) is 0 Å². The van der Waals surface area contributed by atoms with Crippen molar-refractivity contribution in [2.45, 2.75) is 26.1 Å². The second-order valence-electron chi connectivity index (χ2n) is 5.30. The number of para-hydroxylation sites is 1. The van der Waals surface area contributed by atoms with Gasteiger partial charge >= 0.3 is 0 Å². The van der Waals surface area contributed by atoms with Gasteiger partial charge < -0.3 is 4.90 Å². The summed E-state index contributed by atoms with van der Waals surface area (Å²) in [5.41, 5.74) is 2.63. The smallest absolute Gasteiger partial charge is 0.0642 e. The summed E-state index contributed by atoms with van der Waals surface area (Å²) < 4.78 is 0. The SMILES string of the molecule is CN(CC(C)(C)C)c1c(Cl)cccc1CBr. The van der Waals surface area contributed by atoms with E-state index in [9.17, 15) is 0 Å². The summed E-state index contributed by atoms with van der Waals surface area (Å²) in [7, 11) is 2.10. The molecule has 0 aliphatic rings. The van der Waals surface area contributed by atoms with Gasteiger partial charge in [0.1, 0.15) is 0 Å². The van der Waals surface area contributed by atoms with E-state index >= 15 is 0 Å². The minimum absolute atomic E-state index is 0.261. The van der Waals surface area contributed by atoms with E-state index < -0.39 is 0 Å². The molecule has 1 aromatic carbocycles. The Morgan fingerprint density at radius 2 is 1.94 bits per heavy atom. The van der Waals surface area contributed by atoms with E-state index in [2.05, 4.69) is 54.7 Å². The first-order valence-corrected chi connectivity index (χ1v) is 6.89. The van der Waals surface area contributed by atoms with Crippen LogP contribution >= 0.6 is 27.5 Å². The zero-order valence-electron chi connectivity index (χ0n) is 10.3. The van der Waals surface area contributed by atoms with Gasteiger partial charge in [0.15, 0.2) is 0 Å². The van der Waals surface area contributed by atoms with Crippen LogP contribution in [0, 0.1) is 5.41 Å². The summed E-state index contributed by atoms with van der Waals surface area (Å²) in [6, 6.07) is 6.05. The molecule has 1 rings (SSSR count).